The Kier molecular flexibility index (Phi) is 6.64. The second-order valence-electron chi connectivity index (χ2n) is 6.61. The quantitative estimate of drug-likeness (QED) is 0.761. The SMILES string of the molecule is O=C(Nc1ccc(OC(F)F)c(Cl)c1)C1CCCN(C(=O)c2ccc(F)cc2)C1. The smallest absolute Gasteiger partial charge is 0.387 e. The van der Waals surface area contributed by atoms with Gasteiger partial charge in [-0.2, -0.15) is 8.78 Å². The summed E-state index contributed by atoms with van der Waals surface area (Å²) in [7, 11) is 0. The zero-order valence-electron chi connectivity index (χ0n) is 15.2. The van der Waals surface area contributed by atoms with Gasteiger partial charge in [-0.1, -0.05) is 11.6 Å². The Balaban J connectivity index is 1.63. The molecule has 1 heterocycles. The predicted octanol–water partition coefficient (Wildman–Crippen LogP) is 4.57. The van der Waals surface area contributed by atoms with Gasteiger partial charge in [0.15, 0.2) is 0 Å². The van der Waals surface area contributed by atoms with Crippen LogP contribution in [-0.4, -0.2) is 36.4 Å². The minimum atomic E-state index is -3.00. The number of ether oxygens (including phenoxy) is 1. The highest BCUT2D eigenvalue weighted by Gasteiger charge is 2.29. The van der Waals surface area contributed by atoms with Crippen molar-refractivity contribution < 1.29 is 27.5 Å². The molecule has 0 radical (unpaired) electrons. The van der Waals surface area contributed by atoms with Gasteiger partial charge in [-0.3, -0.25) is 9.59 Å². The lowest BCUT2D eigenvalue weighted by Gasteiger charge is -2.32. The molecule has 2 amide bonds. The highest BCUT2D eigenvalue weighted by molar-refractivity contribution is 6.32. The summed E-state index contributed by atoms with van der Waals surface area (Å²) < 4.78 is 41.9. The van der Waals surface area contributed by atoms with Gasteiger partial charge < -0.3 is 15.0 Å². The summed E-state index contributed by atoms with van der Waals surface area (Å²) in [4.78, 5) is 26.7. The number of hydrogen-bond donors (Lipinski definition) is 1. The normalized spacial score (nSPS) is 16.6. The maximum Gasteiger partial charge on any atom is 0.387 e. The van der Waals surface area contributed by atoms with E-state index in [-0.39, 0.29) is 29.1 Å². The van der Waals surface area contributed by atoms with Crippen LogP contribution in [-0.2, 0) is 4.79 Å². The molecule has 1 N–H and O–H groups in total. The van der Waals surface area contributed by atoms with Crippen molar-refractivity contribution in [2.24, 2.45) is 5.92 Å². The number of anilines is 1. The summed E-state index contributed by atoms with van der Waals surface area (Å²) in [6.45, 7) is -2.27. The van der Waals surface area contributed by atoms with Crippen molar-refractivity contribution in [3.05, 3.63) is 58.9 Å². The first kappa shape index (κ1) is 21.0. The number of halogens is 4. The van der Waals surface area contributed by atoms with Crippen LogP contribution >= 0.6 is 11.6 Å². The van der Waals surface area contributed by atoms with Gasteiger partial charge in [-0.25, -0.2) is 4.39 Å². The Morgan fingerprint density at radius 2 is 1.90 bits per heavy atom. The van der Waals surface area contributed by atoms with Gasteiger partial charge in [-0.05, 0) is 55.3 Å². The number of nitrogens with one attached hydrogen (secondary N) is 1. The first-order valence-electron chi connectivity index (χ1n) is 8.93. The van der Waals surface area contributed by atoms with Crippen LogP contribution < -0.4 is 10.1 Å². The van der Waals surface area contributed by atoms with Gasteiger partial charge in [0, 0.05) is 24.3 Å². The van der Waals surface area contributed by atoms with Crippen LogP contribution in [0.5, 0.6) is 5.75 Å². The zero-order chi connectivity index (χ0) is 21.0. The second kappa shape index (κ2) is 9.17. The Labute approximate surface area is 170 Å². The van der Waals surface area contributed by atoms with E-state index in [0.717, 1.165) is 0 Å². The van der Waals surface area contributed by atoms with Gasteiger partial charge in [0.2, 0.25) is 5.91 Å². The van der Waals surface area contributed by atoms with Crippen molar-refractivity contribution in [2.75, 3.05) is 18.4 Å². The van der Waals surface area contributed by atoms with E-state index in [1.807, 2.05) is 0 Å². The number of rotatable bonds is 5. The van der Waals surface area contributed by atoms with Gasteiger partial charge in [0.1, 0.15) is 11.6 Å². The Bertz CT molecular complexity index is 893. The lowest BCUT2D eigenvalue weighted by atomic mass is 9.96. The summed E-state index contributed by atoms with van der Waals surface area (Å²) in [5.41, 5.74) is 0.692. The largest absolute Gasteiger partial charge is 0.433 e. The topological polar surface area (TPSA) is 58.6 Å². The van der Waals surface area contributed by atoms with Crippen molar-refractivity contribution in [3.8, 4) is 5.75 Å². The minimum absolute atomic E-state index is 0.0557. The van der Waals surface area contributed by atoms with Crippen molar-refractivity contribution in [3.63, 3.8) is 0 Å². The van der Waals surface area contributed by atoms with Gasteiger partial charge in [0.05, 0.1) is 10.9 Å². The second-order valence-corrected chi connectivity index (χ2v) is 7.02. The molecule has 0 saturated carbocycles. The summed E-state index contributed by atoms with van der Waals surface area (Å²) in [6, 6.07) is 9.22. The Morgan fingerprint density at radius 3 is 2.55 bits per heavy atom. The van der Waals surface area contributed by atoms with E-state index in [0.29, 0.717) is 30.6 Å². The van der Waals surface area contributed by atoms with E-state index in [2.05, 4.69) is 10.1 Å². The molecule has 1 aliphatic rings. The molecule has 0 aliphatic carbocycles. The third kappa shape index (κ3) is 5.41. The van der Waals surface area contributed by atoms with E-state index >= 15 is 0 Å². The number of piperidine rings is 1. The molecule has 1 unspecified atom stereocenters. The molecule has 154 valence electrons. The highest BCUT2D eigenvalue weighted by atomic mass is 35.5. The first-order valence-corrected chi connectivity index (χ1v) is 9.31. The standard InChI is InChI=1S/C20H18ClF3N2O3/c21-16-10-15(7-8-17(16)29-20(23)24)25-18(27)13-2-1-9-26(11-13)19(28)12-3-5-14(22)6-4-12/h3-8,10,13,20H,1-2,9,11H2,(H,25,27). The average Bonchev–Trinajstić information content (AvgIpc) is 2.70. The number of benzene rings is 2. The molecule has 1 saturated heterocycles. The number of carbonyl (C=O) groups excluding carboxylic acids is 2. The van der Waals surface area contributed by atoms with Gasteiger partial charge in [0.25, 0.3) is 5.91 Å². The molecule has 1 fully saturated rings. The number of alkyl halides is 2. The number of carbonyl (C=O) groups is 2. The number of nitrogens with zero attached hydrogens (tertiary/aromatic N) is 1. The monoisotopic (exact) mass is 426 g/mol. The summed E-state index contributed by atoms with van der Waals surface area (Å²) >= 11 is 5.90. The predicted molar refractivity (Wildman–Crippen MR) is 102 cm³/mol. The maximum absolute atomic E-state index is 13.1. The Morgan fingerprint density at radius 1 is 1.17 bits per heavy atom. The molecule has 0 spiro atoms. The fraction of sp³-hybridized carbons (Fsp3) is 0.300. The molecule has 0 aromatic heterocycles. The summed E-state index contributed by atoms with van der Waals surface area (Å²) in [6.07, 6.45) is 1.24. The summed E-state index contributed by atoms with van der Waals surface area (Å²) in [5, 5.41) is 2.63. The number of likely N-dealkylation sites (tertiary alicyclic amines) is 1. The molecular weight excluding hydrogens is 409 g/mol. The van der Waals surface area contributed by atoms with E-state index in [1.165, 1.54) is 42.5 Å². The molecule has 2 aromatic carbocycles. The zero-order valence-corrected chi connectivity index (χ0v) is 16.0. The van der Waals surface area contributed by atoms with Crippen LogP contribution in [0.1, 0.15) is 23.2 Å². The molecule has 29 heavy (non-hydrogen) atoms. The van der Waals surface area contributed by atoms with Crippen LogP contribution in [0.2, 0.25) is 5.02 Å². The fourth-order valence-corrected chi connectivity index (χ4v) is 3.39. The van der Waals surface area contributed by atoms with Crippen molar-refractivity contribution in [2.45, 2.75) is 19.5 Å². The fourth-order valence-electron chi connectivity index (χ4n) is 3.17. The Hall–Kier alpha value is -2.74. The van der Waals surface area contributed by atoms with Gasteiger partial charge >= 0.3 is 6.61 Å². The molecule has 5 nitrogen and oxygen atoms in total. The molecule has 0 bridgehead atoms. The minimum Gasteiger partial charge on any atom is -0.433 e. The van der Waals surface area contributed by atoms with Crippen LogP contribution in [0, 0.1) is 11.7 Å². The third-order valence-electron chi connectivity index (χ3n) is 4.59. The van der Waals surface area contributed by atoms with Crippen LogP contribution in [0.25, 0.3) is 0 Å². The van der Waals surface area contributed by atoms with E-state index < -0.39 is 18.3 Å². The van der Waals surface area contributed by atoms with Crippen LogP contribution in [0.4, 0.5) is 18.9 Å². The van der Waals surface area contributed by atoms with Gasteiger partial charge in [-0.15, -0.1) is 0 Å². The molecule has 2 aromatic rings. The summed E-state index contributed by atoms with van der Waals surface area (Å²) in [5.74, 6) is -1.63. The van der Waals surface area contributed by atoms with E-state index in [4.69, 9.17) is 11.6 Å². The molecular formula is C20H18ClF3N2O3. The molecule has 1 atom stereocenters. The van der Waals surface area contributed by atoms with E-state index in [1.54, 1.807) is 4.90 Å². The molecule has 1 aliphatic heterocycles. The molecule has 9 heteroatoms. The number of amides is 2. The first-order chi connectivity index (χ1) is 13.8. The lowest BCUT2D eigenvalue weighted by Crippen LogP contribution is -2.43. The van der Waals surface area contributed by atoms with Crippen molar-refractivity contribution in [1.29, 1.82) is 0 Å². The van der Waals surface area contributed by atoms with E-state index in [9.17, 15) is 22.8 Å². The van der Waals surface area contributed by atoms with Crippen molar-refractivity contribution in [1.82, 2.24) is 4.90 Å². The van der Waals surface area contributed by atoms with Crippen LogP contribution in [0.15, 0.2) is 42.5 Å². The average molecular weight is 427 g/mol. The highest BCUT2D eigenvalue weighted by Crippen LogP contribution is 2.29. The van der Waals surface area contributed by atoms with Crippen molar-refractivity contribution >= 4 is 29.1 Å². The van der Waals surface area contributed by atoms with Crippen LogP contribution in [0.3, 0.4) is 0 Å². The molecule has 3 rings (SSSR count). The lowest BCUT2D eigenvalue weighted by molar-refractivity contribution is -0.121. The number of hydrogen-bond acceptors (Lipinski definition) is 3. The third-order valence-corrected chi connectivity index (χ3v) is 4.88. The maximum atomic E-state index is 13.1.